The molecule has 0 spiro atoms. The van der Waals surface area contributed by atoms with Crippen molar-refractivity contribution in [2.75, 3.05) is 19.8 Å². The summed E-state index contributed by atoms with van der Waals surface area (Å²) in [5, 5.41) is 9.60. The second-order valence-electron chi connectivity index (χ2n) is 14.0. The molecule has 0 aromatic rings. The number of rotatable bonds is 39. The first-order chi connectivity index (χ1) is 24.7. The van der Waals surface area contributed by atoms with Crippen molar-refractivity contribution in [3.05, 3.63) is 60.8 Å². The van der Waals surface area contributed by atoms with Gasteiger partial charge in [-0.15, -0.1) is 0 Å². The third-order valence-electron chi connectivity index (χ3n) is 9.11. The number of ether oxygens (including phenoxy) is 2. The minimum atomic E-state index is -0.545. The van der Waals surface area contributed by atoms with E-state index in [0.29, 0.717) is 13.0 Å². The van der Waals surface area contributed by atoms with Gasteiger partial charge in [0.05, 0.1) is 13.2 Å². The first-order valence-corrected chi connectivity index (χ1v) is 21.4. The second kappa shape index (κ2) is 43.3. The lowest BCUT2D eigenvalue weighted by molar-refractivity contribution is -0.154. The molecule has 4 nitrogen and oxygen atoms in total. The zero-order valence-corrected chi connectivity index (χ0v) is 33.2. The number of allylic oxidation sites excluding steroid dienone is 10. The van der Waals surface area contributed by atoms with Gasteiger partial charge in [0.15, 0.2) is 0 Å². The van der Waals surface area contributed by atoms with Gasteiger partial charge >= 0.3 is 5.97 Å². The first-order valence-electron chi connectivity index (χ1n) is 21.4. The normalized spacial score (nSPS) is 12.9. The predicted octanol–water partition coefficient (Wildman–Crippen LogP) is 14.0. The Balaban J connectivity index is 3.49. The molecule has 1 atom stereocenters. The average Bonchev–Trinajstić information content (AvgIpc) is 3.12. The summed E-state index contributed by atoms with van der Waals surface area (Å²) in [6.07, 6.45) is 57.0. The van der Waals surface area contributed by atoms with Gasteiger partial charge in [-0.1, -0.05) is 197 Å². The van der Waals surface area contributed by atoms with Crippen LogP contribution in [0.4, 0.5) is 0 Å². The fourth-order valence-electron chi connectivity index (χ4n) is 5.94. The van der Waals surface area contributed by atoms with Gasteiger partial charge in [-0.3, -0.25) is 4.79 Å². The van der Waals surface area contributed by atoms with E-state index < -0.39 is 6.10 Å². The van der Waals surface area contributed by atoms with Gasteiger partial charge in [0.2, 0.25) is 0 Å². The number of aliphatic hydroxyl groups is 1. The van der Waals surface area contributed by atoms with Gasteiger partial charge in [0.25, 0.3) is 0 Å². The molecule has 1 unspecified atom stereocenters. The summed E-state index contributed by atoms with van der Waals surface area (Å²) in [4.78, 5) is 12.2. The number of aliphatic hydroxyl groups excluding tert-OH is 1. The molecule has 0 amide bonds. The van der Waals surface area contributed by atoms with Crippen LogP contribution in [-0.2, 0) is 14.3 Å². The predicted molar refractivity (Wildman–Crippen MR) is 219 cm³/mol. The van der Waals surface area contributed by atoms with E-state index in [1.165, 1.54) is 116 Å². The molecular formula is C46H82O4. The Labute approximate surface area is 311 Å². The van der Waals surface area contributed by atoms with E-state index in [2.05, 4.69) is 74.6 Å². The molecule has 0 bridgehead atoms. The minimum absolute atomic E-state index is 0.180. The molecule has 1 N–H and O–H groups in total. The van der Waals surface area contributed by atoms with E-state index in [1.807, 2.05) is 0 Å². The monoisotopic (exact) mass is 699 g/mol. The highest BCUT2D eigenvalue weighted by Gasteiger charge is 2.13. The van der Waals surface area contributed by atoms with Crippen molar-refractivity contribution in [2.45, 2.75) is 206 Å². The Kier molecular flexibility index (Phi) is 41.6. The van der Waals surface area contributed by atoms with Crippen LogP contribution in [0, 0.1) is 0 Å². The molecule has 0 rings (SSSR count). The van der Waals surface area contributed by atoms with Gasteiger partial charge < -0.3 is 14.6 Å². The van der Waals surface area contributed by atoms with Crippen molar-refractivity contribution in [3.63, 3.8) is 0 Å². The number of hydrogen-bond acceptors (Lipinski definition) is 4. The van der Waals surface area contributed by atoms with Crippen LogP contribution in [0.2, 0.25) is 0 Å². The second-order valence-corrected chi connectivity index (χ2v) is 14.0. The smallest absolute Gasteiger partial charge is 0.306 e. The van der Waals surface area contributed by atoms with Gasteiger partial charge in [-0.25, -0.2) is 0 Å². The summed E-state index contributed by atoms with van der Waals surface area (Å²) in [7, 11) is 0. The molecule has 290 valence electrons. The summed E-state index contributed by atoms with van der Waals surface area (Å²) in [5.74, 6) is -0.218. The number of hydrogen-bond donors (Lipinski definition) is 1. The van der Waals surface area contributed by atoms with Gasteiger partial charge in [-0.2, -0.15) is 0 Å². The maximum Gasteiger partial charge on any atom is 0.306 e. The zero-order valence-electron chi connectivity index (χ0n) is 33.2. The largest absolute Gasteiger partial charge is 0.457 e. The standard InChI is InChI=1S/C46H82O4/c1-3-5-7-9-11-13-15-17-19-21-22-23-24-25-27-29-31-33-35-37-39-41-46(48)50-45(43-47)44-49-42-40-38-36-34-32-30-28-26-20-18-16-14-12-10-8-6-4-2/h5,7,11,13,17,19,22-23,25,27,45,47H,3-4,6,8-10,12,14-16,18,20-21,24,26,28-44H2,1-2H3/b7-5-,13-11-,19-17-,23-22-,27-25-. The quantitative estimate of drug-likeness (QED) is 0.0394. The summed E-state index contributed by atoms with van der Waals surface area (Å²) in [6, 6.07) is 0. The Morgan fingerprint density at radius 3 is 1.36 bits per heavy atom. The van der Waals surface area contributed by atoms with Crippen molar-refractivity contribution in [2.24, 2.45) is 0 Å². The molecule has 50 heavy (non-hydrogen) atoms. The van der Waals surface area contributed by atoms with Crippen LogP contribution in [0.1, 0.15) is 200 Å². The highest BCUT2D eigenvalue weighted by Crippen LogP contribution is 2.14. The summed E-state index contributed by atoms with van der Waals surface area (Å²) in [6.45, 7) is 5.23. The maximum atomic E-state index is 12.2. The zero-order chi connectivity index (χ0) is 36.3. The van der Waals surface area contributed by atoms with Crippen molar-refractivity contribution in [1.29, 1.82) is 0 Å². The van der Waals surface area contributed by atoms with Crippen LogP contribution < -0.4 is 0 Å². The summed E-state index contributed by atoms with van der Waals surface area (Å²) < 4.78 is 11.2. The third-order valence-corrected chi connectivity index (χ3v) is 9.11. The Morgan fingerprint density at radius 2 is 0.900 bits per heavy atom. The molecule has 0 aromatic heterocycles. The Morgan fingerprint density at radius 1 is 0.500 bits per heavy atom. The molecular weight excluding hydrogens is 617 g/mol. The van der Waals surface area contributed by atoms with Crippen LogP contribution in [0.15, 0.2) is 60.8 Å². The van der Waals surface area contributed by atoms with Crippen molar-refractivity contribution in [1.82, 2.24) is 0 Å². The molecule has 0 aliphatic carbocycles. The lowest BCUT2D eigenvalue weighted by atomic mass is 10.0. The van der Waals surface area contributed by atoms with Crippen LogP contribution >= 0.6 is 0 Å². The summed E-state index contributed by atoms with van der Waals surface area (Å²) >= 11 is 0. The SMILES string of the molecule is CC/C=C\C/C=C\C/C=C\C/C=C\C/C=C\CCCCCCCC(=O)OC(CO)COCCCCCCCCCCCCCCCCCCC. The highest BCUT2D eigenvalue weighted by molar-refractivity contribution is 5.69. The molecule has 0 saturated heterocycles. The third kappa shape index (κ3) is 40.5. The van der Waals surface area contributed by atoms with Crippen molar-refractivity contribution in [3.8, 4) is 0 Å². The lowest BCUT2D eigenvalue weighted by Gasteiger charge is -2.15. The number of unbranched alkanes of at least 4 members (excludes halogenated alkanes) is 21. The van der Waals surface area contributed by atoms with E-state index in [4.69, 9.17) is 9.47 Å². The molecule has 0 fully saturated rings. The van der Waals surface area contributed by atoms with Gasteiger partial charge in [-0.05, 0) is 57.8 Å². The van der Waals surface area contributed by atoms with Crippen LogP contribution in [0.5, 0.6) is 0 Å². The fourth-order valence-corrected chi connectivity index (χ4v) is 5.94. The van der Waals surface area contributed by atoms with Crippen LogP contribution in [-0.4, -0.2) is 37.0 Å². The van der Waals surface area contributed by atoms with E-state index in [1.54, 1.807) is 0 Å². The average molecular weight is 699 g/mol. The molecule has 0 heterocycles. The Hall–Kier alpha value is -1.91. The van der Waals surface area contributed by atoms with E-state index >= 15 is 0 Å². The topological polar surface area (TPSA) is 55.8 Å². The molecule has 0 aliphatic heterocycles. The molecule has 0 radical (unpaired) electrons. The van der Waals surface area contributed by atoms with Gasteiger partial charge in [0, 0.05) is 13.0 Å². The maximum absolute atomic E-state index is 12.2. The minimum Gasteiger partial charge on any atom is -0.457 e. The number of carbonyl (C=O) groups excluding carboxylic acids is 1. The molecule has 0 aliphatic rings. The van der Waals surface area contributed by atoms with Crippen molar-refractivity contribution < 1.29 is 19.4 Å². The van der Waals surface area contributed by atoms with Crippen LogP contribution in [0.3, 0.4) is 0 Å². The highest BCUT2D eigenvalue weighted by atomic mass is 16.6. The van der Waals surface area contributed by atoms with E-state index in [-0.39, 0.29) is 19.2 Å². The lowest BCUT2D eigenvalue weighted by Crippen LogP contribution is -2.27. The number of carbonyl (C=O) groups is 1. The van der Waals surface area contributed by atoms with Crippen molar-refractivity contribution >= 4 is 5.97 Å². The Bertz CT molecular complexity index is 824. The molecule has 0 saturated carbocycles. The first kappa shape index (κ1) is 48.1. The molecule has 0 aromatic carbocycles. The van der Waals surface area contributed by atoms with E-state index in [9.17, 15) is 9.90 Å². The van der Waals surface area contributed by atoms with E-state index in [0.717, 1.165) is 64.2 Å². The fraction of sp³-hybridized carbons (Fsp3) is 0.761. The summed E-state index contributed by atoms with van der Waals surface area (Å²) in [5.41, 5.74) is 0. The van der Waals surface area contributed by atoms with Crippen LogP contribution in [0.25, 0.3) is 0 Å². The number of esters is 1. The molecule has 4 heteroatoms. The van der Waals surface area contributed by atoms with Gasteiger partial charge in [0.1, 0.15) is 6.10 Å².